The number of likely N-dealkylation sites (tertiary alicyclic amines) is 1. The summed E-state index contributed by atoms with van der Waals surface area (Å²) in [5.41, 5.74) is 0. The Bertz CT molecular complexity index is 365. The van der Waals surface area contributed by atoms with Gasteiger partial charge in [0.2, 0.25) is 0 Å². The number of nitrogens with zero attached hydrogens (tertiary/aromatic N) is 1. The Morgan fingerprint density at radius 1 is 1.42 bits per heavy atom. The zero-order valence-electron chi connectivity index (χ0n) is 10.2. The average Bonchev–Trinajstić information content (AvgIpc) is 2.36. The summed E-state index contributed by atoms with van der Waals surface area (Å²) >= 11 is 2.90. The Hall–Kier alpha value is -0.660. The number of ketones is 1. The molecule has 0 aliphatic carbocycles. The summed E-state index contributed by atoms with van der Waals surface area (Å²) in [7, 11) is 0. The topological polar surface area (TPSA) is 37.4 Å². The molecule has 0 aromatic rings. The van der Waals surface area contributed by atoms with E-state index < -0.39 is 30.1 Å². The zero-order chi connectivity index (χ0) is 14.8. The van der Waals surface area contributed by atoms with E-state index in [1.165, 1.54) is 0 Å². The lowest BCUT2D eigenvalue weighted by molar-refractivity contribution is -0.185. The van der Waals surface area contributed by atoms with Gasteiger partial charge >= 0.3 is 12.3 Å². The number of alkyl halides is 5. The maximum Gasteiger partial charge on any atom is 0.383 e. The molecule has 3 nitrogen and oxygen atoms in total. The molecule has 1 aliphatic heterocycles. The van der Waals surface area contributed by atoms with Crippen molar-refractivity contribution >= 4 is 27.6 Å². The number of Topliss-reactive ketones (excluding diaryl/α,β-unsaturated/α-hetero) is 1. The van der Waals surface area contributed by atoms with Gasteiger partial charge in [0.25, 0.3) is 5.91 Å². The SMILES string of the molecule is CC1CCN(C(=O)C(F)(F)C(F)F)C(C(=O)CBr)C1. The summed E-state index contributed by atoms with van der Waals surface area (Å²) in [6.45, 7) is 1.72. The minimum atomic E-state index is -4.74. The summed E-state index contributed by atoms with van der Waals surface area (Å²) in [5.74, 6) is -7.08. The van der Waals surface area contributed by atoms with Crippen molar-refractivity contribution in [1.82, 2.24) is 4.90 Å². The second-order valence-corrected chi connectivity index (χ2v) is 5.23. The van der Waals surface area contributed by atoms with Crippen LogP contribution < -0.4 is 0 Å². The number of halogens is 5. The van der Waals surface area contributed by atoms with E-state index in [-0.39, 0.29) is 24.2 Å². The Kier molecular flexibility index (Phi) is 5.34. The third-order valence-corrected chi connectivity index (χ3v) is 3.74. The van der Waals surface area contributed by atoms with Crippen molar-refractivity contribution in [1.29, 1.82) is 0 Å². The Balaban J connectivity index is 2.95. The standard InChI is InChI=1S/C11H14BrF4NO2/c1-6-2-3-17(7(4-6)8(18)5-12)10(19)11(15,16)9(13)14/h6-7,9H,2-5H2,1H3. The van der Waals surface area contributed by atoms with Gasteiger partial charge in [-0.2, -0.15) is 8.78 Å². The molecule has 1 aliphatic rings. The number of rotatable bonds is 4. The first-order valence-electron chi connectivity index (χ1n) is 5.77. The van der Waals surface area contributed by atoms with Gasteiger partial charge in [0, 0.05) is 6.54 Å². The van der Waals surface area contributed by atoms with Crippen LogP contribution in [0.2, 0.25) is 0 Å². The van der Waals surface area contributed by atoms with E-state index in [0.717, 1.165) is 0 Å². The van der Waals surface area contributed by atoms with Crippen molar-refractivity contribution < 1.29 is 27.2 Å². The van der Waals surface area contributed by atoms with E-state index in [1.807, 2.05) is 6.92 Å². The first kappa shape index (κ1) is 16.4. The third-order valence-electron chi connectivity index (χ3n) is 3.19. The molecule has 0 spiro atoms. The third kappa shape index (κ3) is 3.46. The predicted molar refractivity (Wildman–Crippen MR) is 63.7 cm³/mol. The van der Waals surface area contributed by atoms with Crippen LogP contribution in [-0.2, 0) is 9.59 Å². The van der Waals surface area contributed by atoms with Crippen molar-refractivity contribution in [2.45, 2.75) is 38.2 Å². The van der Waals surface area contributed by atoms with Gasteiger partial charge in [0.15, 0.2) is 5.78 Å². The van der Waals surface area contributed by atoms with Crippen LogP contribution in [0.3, 0.4) is 0 Å². The van der Waals surface area contributed by atoms with Crippen molar-refractivity contribution in [3.05, 3.63) is 0 Å². The zero-order valence-corrected chi connectivity index (χ0v) is 11.8. The first-order valence-corrected chi connectivity index (χ1v) is 6.89. The van der Waals surface area contributed by atoms with Gasteiger partial charge in [0.05, 0.1) is 11.4 Å². The fraction of sp³-hybridized carbons (Fsp3) is 0.818. The molecule has 19 heavy (non-hydrogen) atoms. The van der Waals surface area contributed by atoms with E-state index >= 15 is 0 Å². The van der Waals surface area contributed by atoms with Gasteiger partial charge in [-0.25, -0.2) is 8.78 Å². The lowest BCUT2D eigenvalue weighted by atomic mass is 9.90. The van der Waals surface area contributed by atoms with E-state index in [4.69, 9.17) is 0 Å². The quantitative estimate of drug-likeness (QED) is 0.578. The maximum absolute atomic E-state index is 13.1. The molecule has 2 atom stereocenters. The Labute approximate surface area is 116 Å². The molecule has 0 bridgehead atoms. The van der Waals surface area contributed by atoms with Crippen LogP contribution in [0.25, 0.3) is 0 Å². The van der Waals surface area contributed by atoms with Gasteiger partial charge in [0.1, 0.15) is 0 Å². The summed E-state index contributed by atoms with van der Waals surface area (Å²) in [6.07, 6.45) is -3.44. The van der Waals surface area contributed by atoms with Gasteiger partial charge in [-0.1, -0.05) is 22.9 Å². The largest absolute Gasteiger partial charge is 0.383 e. The van der Waals surface area contributed by atoms with Gasteiger partial charge in [-0.3, -0.25) is 9.59 Å². The molecule has 8 heteroatoms. The molecule has 0 N–H and O–H groups in total. The molecule has 1 heterocycles. The molecule has 0 radical (unpaired) electrons. The minimum absolute atomic E-state index is 0.0808. The minimum Gasteiger partial charge on any atom is -0.327 e. The lowest BCUT2D eigenvalue weighted by Gasteiger charge is -2.38. The normalized spacial score (nSPS) is 24.7. The van der Waals surface area contributed by atoms with Crippen LogP contribution >= 0.6 is 15.9 Å². The highest BCUT2D eigenvalue weighted by molar-refractivity contribution is 9.09. The van der Waals surface area contributed by atoms with Crippen LogP contribution in [0.5, 0.6) is 0 Å². The molecule has 0 aromatic heterocycles. The van der Waals surface area contributed by atoms with Crippen molar-refractivity contribution in [2.75, 3.05) is 11.9 Å². The Morgan fingerprint density at radius 2 is 2.00 bits per heavy atom. The molecule has 2 unspecified atom stereocenters. The Morgan fingerprint density at radius 3 is 2.47 bits per heavy atom. The summed E-state index contributed by atoms with van der Waals surface area (Å²) in [5, 5.41) is -0.103. The van der Waals surface area contributed by atoms with Crippen LogP contribution in [0, 0.1) is 5.92 Å². The molecule has 1 amide bonds. The molecule has 0 saturated carbocycles. The summed E-state index contributed by atoms with van der Waals surface area (Å²) in [4.78, 5) is 23.8. The molecule has 1 rings (SSSR count). The molecule has 1 saturated heterocycles. The lowest BCUT2D eigenvalue weighted by Crippen LogP contribution is -2.56. The molecule has 110 valence electrons. The van der Waals surface area contributed by atoms with E-state index in [1.54, 1.807) is 0 Å². The number of carbonyl (C=O) groups is 2. The fourth-order valence-electron chi connectivity index (χ4n) is 2.06. The van der Waals surface area contributed by atoms with Crippen LogP contribution in [0.4, 0.5) is 17.6 Å². The predicted octanol–water partition coefficient (Wildman–Crippen LogP) is 2.48. The van der Waals surface area contributed by atoms with Gasteiger partial charge < -0.3 is 4.90 Å². The highest BCUT2D eigenvalue weighted by Gasteiger charge is 2.53. The molecule has 0 aromatic carbocycles. The molecular weight excluding hydrogens is 334 g/mol. The van der Waals surface area contributed by atoms with Crippen LogP contribution in [-0.4, -0.2) is 46.9 Å². The van der Waals surface area contributed by atoms with E-state index in [9.17, 15) is 27.2 Å². The monoisotopic (exact) mass is 347 g/mol. The van der Waals surface area contributed by atoms with Crippen molar-refractivity contribution in [3.63, 3.8) is 0 Å². The summed E-state index contributed by atoms with van der Waals surface area (Å²) in [6, 6.07) is -1.06. The fourth-order valence-corrected chi connectivity index (χ4v) is 2.44. The van der Waals surface area contributed by atoms with E-state index in [0.29, 0.717) is 11.3 Å². The number of hydrogen-bond acceptors (Lipinski definition) is 2. The average molecular weight is 348 g/mol. The van der Waals surface area contributed by atoms with Crippen molar-refractivity contribution in [3.8, 4) is 0 Å². The second-order valence-electron chi connectivity index (χ2n) is 4.67. The van der Waals surface area contributed by atoms with Crippen LogP contribution in [0.1, 0.15) is 19.8 Å². The van der Waals surface area contributed by atoms with Gasteiger partial charge in [-0.15, -0.1) is 0 Å². The number of hydrogen-bond donors (Lipinski definition) is 0. The van der Waals surface area contributed by atoms with Gasteiger partial charge in [-0.05, 0) is 18.8 Å². The summed E-state index contributed by atoms with van der Waals surface area (Å²) < 4.78 is 50.6. The van der Waals surface area contributed by atoms with Crippen molar-refractivity contribution in [2.24, 2.45) is 5.92 Å². The van der Waals surface area contributed by atoms with Crippen LogP contribution in [0.15, 0.2) is 0 Å². The first-order chi connectivity index (χ1) is 8.71. The highest BCUT2D eigenvalue weighted by atomic mass is 79.9. The van der Waals surface area contributed by atoms with E-state index in [2.05, 4.69) is 15.9 Å². The maximum atomic E-state index is 13.1. The molecule has 1 fully saturated rings. The second kappa shape index (κ2) is 6.19. The number of piperidine rings is 1. The number of carbonyl (C=O) groups excluding carboxylic acids is 2. The number of amides is 1. The highest BCUT2D eigenvalue weighted by Crippen LogP contribution is 2.31. The smallest absolute Gasteiger partial charge is 0.327 e. The molecular formula is C11H14BrF4NO2.